The summed E-state index contributed by atoms with van der Waals surface area (Å²) < 4.78 is 0. The third-order valence-electron chi connectivity index (χ3n) is 4.01. The van der Waals surface area contributed by atoms with Crippen molar-refractivity contribution >= 4 is 17.5 Å². The van der Waals surface area contributed by atoms with E-state index < -0.39 is 0 Å². The molecule has 3 nitrogen and oxygen atoms in total. The Morgan fingerprint density at radius 1 is 1.26 bits per heavy atom. The highest BCUT2D eigenvalue weighted by atomic mass is 35.5. The third kappa shape index (κ3) is 3.28. The molecule has 2 unspecified atom stereocenters. The number of likely N-dealkylation sites (N-methyl/N-ethyl adjacent to an activating group) is 1. The molecule has 0 aliphatic carbocycles. The zero-order chi connectivity index (χ0) is 14.0. The maximum absolute atomic E-state index is 12.4. The van der Waals surface area contributed by atoms with Gasteiger partial charge in [0, 0.05) is 30.2 Å². The molecule has 2 atom stereocenters. The molecule has 1 heterocycles. The molecule has 0 spiro atoms. The molecule has 19 heavy (non-hydrogen) atoms. The molecule has 1 aromatic carbocycles. The first-order valence-corrected chi connectivity index (χ1v) is 7.10. The standard InChI is InChI=1S/C15H21ClN2O/c1-11-9-18(10-12(2)17(11)3)15(19)8-13-6-4-5-7-14(13)16/h4-7,11-12H,8-10H2,1-3H3. The number of rotatable bonds is 2. The quantitative estimate of drug-likeness (QED) is 0.831. The predicted molar refractivity (Wildman–Crippen MR) is 78.4 cm³/mol. The van der Waals surface area contributed by atoms with Gasteiger partial charge in [-0.25, -0.2) is 0 Å². The summed E-state index contributed by atoms with van der Waals surface area (Å²) in [4.78, 5) is 16.6. The molecule has 1 fully saturated rings. The van der Waals surface area contributed by atoms with E-state index in [2.05, 4.69) is 25.8 Å². The SMILES string of the molecule is CC1CN(C(=O)Cc2ccccc2Cl)CC(C)N1C. The van der Waals surface area contributed by atoms with Crippen LogP contribution in [0.3, 0.4) is 0 Å². The predicted octanol–water partition coefficient (Wildman–Crippen LogP) is 2.43. The molecule has 104 valence electrons. The van der Waals surface area contributed by atoms with Gasteiger partial charge < -0.3 is 4.90 Å². The molecule has 2 rings (SSSR count). The lowest BCUT2D eigenvalue weighted by Crippen LogP contribution is -2.56. The van der Waals surface area contributed by atoms with Crippen molar-refractivity contribution in [2.45, 2.75) is 32.4 Å². The highest BCUT2D eigenvalue weighted by molar-refractivity contribution is 6.31. The average molecular weight is 281 g/mol. The fraction of sp³-hybridized carbons (Fsp3) is 0.533. The summed E-state index contributed by atoms with van der Waals surface area (Å²) in [6.07, 6.45) is 0.392. The van der Waals surface area contributed by atoms with Crippen molar-refractivity contribution < 1.29 is 4.79 Å². The van der Waals surface area contributed by atoms with Gasteiger partial charge in [-0.05, 0) is 32.5 Å². The van der Waals surface area contributed by atoms with Crippen LogP contribution in [-0.4, -0.2) is 47.9 Å². The number of hydrogen-bond acceptors (Lipinski definition) is 2. The summed E-state index contributed by atoms with van der Waals surface area (Å²) in [6.45, 7) is 5.91. The van der Waals surface area contributed by atoms with Gasteiger partial charge in [0.2, 0.25) is 5.91 Å². The fourth-order valence-electron chi connectivity index (χ4n) is 2.52. The lowest BCUT2D eigenvalue weighted by molar-refractivity contribution is -0.134. The minimum atomic E-state index is 0.167. The van der Waals surface area contributed by atoms with Crippen LogP contribution >= 0.6 is 11.6 Å². The summed E-state index contributed by atoms with van der Waals surface area (Å²) >= 11 is 6.11. The Morgan fingerprint density at radius 2 is 1.84 bits per heavy atom. The van der Waals surface area contributed by atoms with Gasteiger partial charge in [-0.3, -0.25) is 9.69 Å². The summed E-state index contributed by atoms with van der Waals surface area (Å²) in [7, 11) is 2.12. The van der Waals surface area contributed by atoms with Crippen LogP contribution in [0.5, 0.6) is 0 Å². The maximum Gasteiger partial charge on any atom is 0.227 e. The van der Waals surface area contributed by atoms with Crippen LogP contribution in [0.25, 0.3) is 0 Å². The van der Waals surface area contributed by atoms with E-state index in [0.29, 0.717) is 23.5 Å². The normalized spacial score (nSPS) is 24.5. The molecule has 0 radical (unpaired) electrons. The van der Waals surface area contributed by atoms with Gasteiger partial charge in [-0.15, -0.1) is 0 Å². The van der Waals surface area contributed by atoms with E-state index in [0.717, 1.165) is 18.7 Å². The van der Waals surface area contributed by atoms with Gasteiger partial charge in [0.1, 0.15) is 0 Å². The zero-order valence-electron chi connectivity index (χ0n) is 11.8. The van der Waals surface area contributed by atoms with E-state index in [4.69, 9.17) is 11.6 Å². The second kappa shape index (κ2) is 5.93. The first-order chi connectivity index (χ1) is 8.99. The van der Waals surface area contributed by atoms with Crippen molar-refractivity contribution in [3.05, 3.63) is 34.9 Å². The monoisotopic (exact) mass is 280 g/mol. The Kier molecular flexibility index (Phi) is 4.48. The molecule has 0 saturated carbocycles. The van der Waals surface area contributed by atoms with Gasteiger partial charge in [0.05, 0.1) is 6.42 Å². The van der Waals surface area contributed by atoms with Crippen LogP contribution in [0, 0.1) is 0 Å². The number of benzene rings is 1. The Balaban J connectivity index is 2.03. The van der Waals surface area contributed by atoms with Crippen molar-refractivity contribution in [3.8, 4) is 0 Å². The molecule has 0 bridgehead atoms. The highest BCUT2D eigenvalue weighted by Gasteiger charge is 2.29. The van der Waals surface area contributed by atoms with Gasteiger partial charge in [-0.1, -0.05) is 29.8 Å². The third-order valence-corrected chi connectivity index (χ3v) is 4.38. The van der Waals surface area contributed by atoms with Gasteiger partial charge in [0.25, 0.3) is 0 Å². The van der Waals surface area contributed by atoms with Gasteiger partial charge in [0.15, 0.2) is 0 Å². The Hall–Kier alpha value is -1.06. The van der Waals surface area contributed by atoms with Gasteiger partial charge in [-0.2, -0.15) is 0 Å². The smallest absolute Gasteiger partial charge is 0.227 e. The van der Waals surface area contributed by atoms with Crippen LogP contribution in [0.1, 0.15) is 19.4 Å². The number of nitrogens with zero attached hydrogens (tertiary/aromatic N) is 2. The molecule has 1 saturated heterocycles. The van der Waals surface area contributed by atoms with E-state index in [9.17, 15) is 4.79 Å². The lowest BCUT2D eigenvalue weighted by Gasteiger charge is -2.42. The van der Waals surface area contributed by atoms with E-state index in [1.165, 1.54) is 0 Å². The fourth-order valence-corrected chi connectivity index (χ4v) is 2.73. The number of hydrogen-bond donors (Lipinski definition) is 0. The summed E-state index contributed by atoms with van der Waals surface area (Å²) in [5.41, 5.74) is 0.911. The van der Waals surface area contributed by atoms with Crippen LogP contribution in [0.2, 0.25) is 5.02 Å². The average Bonchev–Trinajstić information content (AvgIpc) is 2.38. The molecule has 1 aliphatic rings. The minimum absolute atomic E-state index is 0.167. The molecule has 1 amide bonds. The Bertz CT molecular complexity index is 451. The number of piperazine rings is 1. The highest BCUT2D eigenvalue weighted by Crippen LogP contribution is 2.18. The zero-order valence-corrected chi connectivity index (χ0v) is 12.5. The summed E-state index contributed by atoms with van der Waals surface area (Å²) in [5, 5.41) is 0.672. The largest absolute Gasteiger partial charge is 0.339 e. The van der Waals surface area contributed by atoms with E-state index >= 15 is 0 Å². The van der Waals surface area contributed by atoms with Crippen LogP contribution < -0.4 is 0 Å². The maximum atomic E-state index is 12.4. The summed E-state index contributed by atoms with van der Waals surface area (Å²) in [6, 6.07) is 8.36. The van der Waals surface area contributed by atoms with Crippen molar-refractivity contribution in [2.75, 3.05) is 20.1 Å². The topological polar surface area (TPSA) is 23.6 Å². The number of carbonyl (C=O) groups is 1. The molecule has 1 aromatic rings. The van der Waals surface area contributed by atoms with Crippen LogP contribution in [-0.2, 0) is 11.2 Å². The Morgan fingerprint density at radius 3 is 2.42 bits per heavy atom. The second-order valence-electron chi connectivity index (χ2n) is 5.43. The number of carbonyl (C=O) groups excluding carboxylic acids is 1. The molecule has 0 aromatic heterocycles. The second-order valence-corrected chi connectivity index (χ2v) is 5.84. The minimum Gasteiger partial charge on any atom is -0.339 e. The molecule has 4 heteroatoms. The molecule has 1 aliphatic heterocycles. The molecular formula is C15H21ClN2O. The molecular weight excluding hydrogens is 260 g/mol. The van der Waals surface area contributed by atoms with E-state index in [-0.39, 0.29) is 5.91 Å². The number of amides is 1. The van der Waals surface area contributed by atoms with Crippen molar-refractivity contribution in [2.24, 2.45) is 0 Å². The first kappa shape index (κ1) is 14.4. The van der Waals surface area contributed by atoms with E-state index in [1.54, 1.807) is 0 Å². The van der Waals surface area contributed by atoms with Crippen molar-refractivity contribution in [1.29, 1.82) is 0 Å². The van der Waals surface area contributed by atoms with Crippen LogP contribution in [0.4, 0.5) is 0 Å². The van der Waals surface area contributed by atoms with Crippen molar-refractivity contribution in [1.82, 2.24) is 9.80 Å². The number of halogens is 1. The summed E-state index contributed by atoms with van der Waals surface area (Å²) in [5.74, 6) is 0.167. The van der Waals surface area contributed by atoms with Crippen molar-refractivity contribution in [3.63, 3.8) is 0 Å². The van der Waals surface area contributed by atoms with E-state index in [1.807, 2.05) is 29.2 Å². The molecule has 0 N–H and O–H groups in total. The lowest BCUT2D eigenvalue weighted by atomic mass is 10.1. The first-order valence-electron chi connectivity index (χ1n) is 6.72. The Labute approximate surface area is 120 Å². The van der Waals surface area contributed by atoms with Crippen LogP contribution in [0.15, 0.2) is 24.3 Å². The van der Waals surface area contributed by atoms with Gasteiger partial charge >= 0.3 is 0 Å².